The van der Waals surface area contributed by atoms with Gasteiger partial charge in [-0.2, -0.15) is 10.2 Å². The van der Waals surface area contributed by atoms with Crippen LogP contribution in [0.3, 0.4) is 0 Å². The highest BCUT2D eigenvalue weighted by atomic mass is 16.3. The topological polar surface area (TPSA) is 120 Å². The number of hydrogen-bond acceptors (Lipinski definition) is 8. The number of nitrogens with zero attached hydrogens (tertiary/aromatic N) is 4. The Bertz CT molecular complexity index is 2030. The molecule has 1 heterocycles. The smallest absolute Gasteiger partial charge is 0.238 e. The highest BCUT2D eigenvalue weighted by molar-refractivity contribution is 6.22. The van der Waals surface area contributed by atoms with Crippen molar-refractivity contribution in [2.75, 3.05) is 23.9 Å². The summed E-state index contributed by atoms with van der Waals surface area (Å²) in [6, 6.07) is 20.0. The van der Waals surface area contributed by atoms with Gasteiger partial charge in [0.05, 0.1) is 34.3 Å². The predicted molar refractivity (Wildman–Crippen MR) is 192 cm³/mol. The third-order valence-corrected chi connectivity index (χ3v) is 11.2. The number of allylic oxidation sites excluding steroid dienone is 5. The number of ketones is 2. The summed E-state index contributed by atoms with van der Waals surface area (Å²) >= 11 is 0. The minimum absolute atomic E-state index is 0.0618. The molecule has 3 aromatic carbocycles. The average molecular weight is 669 g/mol. The summed E-state index contributed by atoms with van der Waals surface area (Å²) in [7, 11) is 3.93. The molecular weight excluding hydrogens is 628 g/mol. The Kier molecular flexibility index (Phi) is 8.25. The molecule has 2 amide bonds. The van der Waals surface area contributed by atoms with E-state index in [1.165, 1.54) is 11.0 Å². The van der Waals surface area contributed by atoms with Gasteiger partial charge in [-0.05, 0) is 97.8 Å². The van der Waals surface area contributed by atoms with Gasteiger partial charge in [-0.15, -0.1) is 6.58 Å². The molecule has 3 aliphatic carbocycles. The van der Waals surface area contributed by atoms with E-state index < -0.39 is 35.0 Å². The zero-order valence-electron chi connectivity index (χ0n) is 28.7. The van der Waals surface area contributed by atoms with Gasteiger partial charge in [0, 0.05) is 37.2 Å². The molecule has 4 aliphatic rings. The van der Waals surface area contributed by atoms with Gasteiger partial charge in [0.2, 0.25) is 11.8 Å². The molecule has 7 rings (SSSR count). The number of para-hydroxylation sites is 1. The van der Waals surface area contributed by atoms with Crippen LogP contribution in [0, 0.1) is 29.1 Å². The third kappa shape index (κ3) is 5.14. The molecule has 1 aliphatic heterocycles. The number of amides is 2. The molecule has 9 nitrogen and oxygen atoms in total. The Balaban J connectivity index is 1.22. The first kappa shape index (κ1) is 33.1. The monoisotopic (exact) mass is 668 g/mol. The van der Waals surface area contributed by atoms with Crippen LogP contribution in [0.4, 0.5) is 22.7 Å². The van der Waals surface area contributed by atoms with Gasteiger partial charge in [-0.1, -0.05) is 42.8 Å². The Morgan fingerprint density at radius 3 is 2.24 bits per heavy atom. The minimum atomic E-state index is -1.17. The maximum absolute atomic E-state index is 14.4. The standard InChI is InChI=1S/C41H40N4O5/c1-6-8-24-9-7-10-31(37(24)47)36-29-19-20-30-35(32(29)22-33-34(46)21-23(2)38(48)41(33,36)3)40(50)45(39(30)49)28-17-13-26(14-18-28)43-42-25-11-15-27(16-12-25)44(4)5/h6-7,9-19,21,30,32-33,35-36,47H,1,8,20,22H2,2-5H3/t30-,32+,33-,35-,36+,41+/m0/s1. The van der Waals surface area contributed by atoms with Crippen molar-refractivity contribution in [1.82, 2.24) is 0 Å². The molecule has 1 N–H and O–H groups in total. The molecule has 50 heavy (non-hydrogen) atoms. The lowest BCUT2D eigenvalue weighted by molar-refractivity contribution is -0.141. The van der Waals surface area contributed by atoms with E-state index in [1.807, 2.05) is 68.4 Å². The number of Topliss-reactive ketones (excluding diaryl/α,β-unsaturated/α-hetero) is 1. The van der Waals surface area contributed by atoms with E-state index >= 15 is 0 Å². The van der Waals surface area contributed by atoms with E-state index in [4.69, 9.17) is 0 Å². The summed E-state index contributed by atoms with van der Waals surface area (Å²) in [5, 5.41) is 20.2. The second kappa shape index (κ2) is 12.5. The van der Waals surface area contributed by atoms with E-state index in [-0.39, 0.29) is 35.6 Å². The molecule has 3 aromatic rings. The molecule has 254 valence electrons. The van der Waals surface area contributed by atoms with Crippen LogP contribution < -0.4 is 9.80 Å². The lowest BCUT2D eigenvalue weighted by Crippen LogP contribution is -2.54. The Hall–Kier alpha value is -5.44. The van der Waals surface area contributed by atoms with Crippen molar-refractivity contribution in [3.63, 3.8) is 0 Å². The fraction of sp³-hybridized carbons (Fsp3) is 0.317. The largest absolute Gasteiger partial charge is 0.507 e. The number of azo groups is 1. The number of fused-ring (bicyclic) bond motifs is 4. The lowest BCUT2D eigenvalue weighted by atomic mass is 9.47. The first-order valence-electron chi connectivity index (χ1n) is 17.0. The van der Waals surface area contributed by atoms with Crippen molar-refractivity contribution in [3.05, 3.63) is 114 Å². The normalized spacial score (nSPS) is 27.4. The fourth-order valence-electron chi connectivity index (χ4n) is 8.76. The SMILES string of the molecule is C=CCc1cccc([C@H]2C3=CC[C@@H]4C(=O)N(c5ccc(N=Nc6ccc(N(C)C)cc6)cc5)C(=O)[C@@H]4[C@@H]3C[C@H]3C(=O)C=C(C)C(=O)[C@@]23C)c1O. The van der Waals surface area contributed by atoms with E-state index in [0.29, 0.717) is 46.6 Å². The van der Waals surface area contributed by atoms with Crippen LogP contribution in [-0.4, -0.2) is 42.6 Å². The van der Waals surface area contributed by atoms with E-state index in [9.17, 15) is 24.3 Å². The van der Waals surface area contributed by atoms with Gasteiger partial charge >= 0.3 is 0 Å². The van der Waals surface area contributed by atoms with Crippen LogP contribution in [0.5, 0.6) is 5.75 Å². The fourth-order valence-corrected chi connectivity index (χ4v) is 8.76. The van der Waals surface area contributed by atoms with Crippen molar-refractivity contribution in [3.8, 4) is 5.75 Å². The zero-order valence-corrected chi connectivity index (χ0v) is 28.7. The highest BCUT2D eigenvalue weighted by Crippen LogP contribution is 2.63. The first-order chi connectivity index (χ1) is 23.9. The number of aromatic hydroxyl groups is 1. The zero-order chi connectivity index (χ0) is 35.5. The number of anilines is 2. The maximum atomic E-state index is 14.4. The molecule has 1 saturated carbocycles. The van der Waals surface area contributed by atoms with Gasteiger partial charge in [-0.25, -0.2) is 0 Å². The molecule has 9 heteroatoms. The molecule has 1 saturated heterocycles. The number of benzene rings is 3. The number of phenolic OH excluding ortho intramolecular Hbond substituents is 1. The lowest BCUT2D eigenvalue weighted by Gasteiger charge is -2.53. The molecule has 2 fully saturated rings. The Morgan fingerprint density at radius 2 is 1.60 bits per heavy atom. The molecule has 0 unspecified atom stereocenters. The first-order valence-corrected chi connectivity index (χ1v) is 17.0. The van der Waals surface area contributed by atoms with Gasteiger partial charge in [-0.3, -0.25) is 24.1 Å². The summed E-state index contributed by atoms with van der Waals surface area (Å²) in [5.74, 6) is -3.98. The van der Waals surface area contributed by atoms with Crippen LogP contribution in [0.15, 0.2) is 113 Å². The van der Waals surface area contributed by atoms with Crippen molar-refractivity contribution in [1.29, 1.82) is 0 Å². The number of rotatable bonds is 7. The van der Waals surface area contributed by atoms with Gasteiger partial charge in [0.1, 0.15) is 5.75 Å². The minimum Gasteiger partial charge on any atom is -0.507 e. The molecule has 0 spiro atoms. The Morgan fingerprint density at radius 1 is 0.940 bits per heavy atom. The highest BCUT2D eigenvalue weighted by Gasteiger charge is 2.63. The summed E-state index contributed by atoms with van der Waals surface area (Å²) < 4.78 is 0. The Labute approximate surface area is 291 Å². The molecule has 0 radical (unpaired) electrons. The number of imide groups is 1. The summed E-state index contributed by atoms with van der Waals surface area (Å²) in [6.07, 6.45) is 6.13. The number of carbonyl (C=O) groups is 4. The van der Waals surface area contributed by atoms with Crippen molar-refractivity contribution >= 4 is 46.1 Å². The number of hydrogen-bond donors (Lipinski definition) is 1. The van der Waals surface area contributed by atoms with Crippen molar-refractivity contribution in [2.45, 2.75) is 39.0 Å². The second-order valence-corrected chi connectivity index (χ2v) is 14.2. The van der Waals surface area contributed by atoms with Crippen LogP contribution in [0.1, 0.15) is 43.7 Å². The molecule has 6 atom stereocenters. The maximum Gasteiger partial charge on any atom is 0.238 e. The number of carbonyl (C=O) groups excluding carboxylic acids is 4. The van der Waals surface area contributed by atoms with Gasteiger partial charge < -0.3 is 10.0 Å². The number of phenols is 1. The quantitative estimate of drug-likeness (QED) is 0.158. The van der Waals surface area contributed by atoms with Crippen molar-refractivity contribution < 1.29 is 24.3 Å². The molecular formula is C41H40N4O5. The van der Waals surface area contributed by atoms with E-state index in [0.717, 1.165) is 11.3 Å². The van der Waals surface area contributed by atoms with Gasteiger partial charge in [0.15, 0.2) is 11.6 Å². The second-order valence-electron chi connectivity index (χ2n) is 14.2. The molecule has 0 bridgehead atoms. The predicted octanol–water partition coefficient (Wildman–Crippen LogP) is 7.56. The van der Waals surface area contributed by atoms with E-state index in [1.54, 1.807) is 43.3 Å². The van der Waals surface area contributed by atoms with Crippen LogP contribution in [-0.2, 0) is 25.6 Å². The van der Waals surface area contributed by atoms with Crippen molar-refractivity contribution in [2.24, 2.45) is 39.3 Å². The van der Waals surface area contributed by atoms with E-state index in [2.05, 4.69) is 16.8 Å². The molecule has 0 aromatic heterocycles. The van der Waals surface area contributed by atoms with Gasteiger partial charge in [0.25, 0.3) is 0 Å². The van der Waals surface area contributed by atoms with Crippen LogP contribution in [0.25, 0.3) is 0 Å². The summed E-state index contributed by atoms with van der Waals surface area (Å²) in [4.78, 5) is 59.4. The average Bonchev–Trinajstić information content (AvgIpc) is 3.36. The van der Waals surface area contributed by atoms with Crippen LogP contribution in [0.2, 0.25) is 0 Å². The third-order valence-electron chi connectivity index (χ3n) is 11.2. The van der Waals surface area contributed by atoms with Crippen LogP contribution >= 0.6 is 0 Å². The summed E-state index contributed by atoms with van der Waals surface area (Å²) in [6.45, 7) is 7.31. The summed E-state index contributed by atoms with van der Waals surface area (Å²) in [5.41, 5.74) is 4.04.